The zero-order chi connectivity index (χ0) is 18.7. The van der Waals surface area contributed by atoms with Crippen LogP contribution >= 0.6 is 0 Å². The molecule has 0 fully saturated rings. The van der Waals surface area contributed by atoms with Crippen LogP contribution in [0.3, 0.4) is 0 Å². The van der Waals surface area contributed by atoms with Gasteiger partial charge in [-0.3, -0.25) is 9.59 Å². The third-order valence-electron chi connectivity index (χ3n) is 4.86. The van der Waals surface area contributed by atoms with Crippen LogP contribution in [-0.2, 0) is 11.2 Å². The quantitative estimate of drug-likeness (QED) is 0.633. The molecule has 0 aliphatic heterocycles. The van der Waals surface area contributed by atoms with Gasteiger partial charge >= 0.3 is 0 Å². The Balaban J connectivity index is 1.63. The molecule has 1 amide bonds. The minimum absolute atomic E-state index is 0.0525. The van der Waals surface area contributed by atoms with Crippen molar-refractivity contribution in [3.05, 3.63) is 65.0 Å². The molecule has 1 aliphatic rings. The number of hydrogen-bond donors (Lipinski definition) is 2. The Morgan fingerprint density at radius 2 is 2.08 bits per heavy atom. The molecule has 5 heteroatoms. The fraction of sp³-hybridized carbons (Fsp3) is 0.333. The number of carbonyl (C=O) groups excluding carboxylic acids is 2. The summed E-state index contributed by atoms with van der Waals surface area (Å²) in [5.41, 5.74) is 9.14. The molecule has 0 saturated carbocycles. The van der Waals surface area contributed by atoms with Crippen molar-refractivity contribution in [2.75, 3.05) is 5.73 Å². The summed E-state index contributed by atoms with van der Waals surface area (Å²) in [5, 5.41) is 3.04. The van der Waals surface area contributed by atoms with Crippen LogP contribution in [0.5, 0.6) is 0 Å². The molecule has 0 heterocycles. The summed E-state index contributed by atoms with van der Waals surface area (Å²) < 4.78 is 13.3. The van der Waals surface area contributed by atoms with Crippen molar-refractivity contribution in [3.63, 3.8) is 0 Å². The number of nitrogen functional groups attached to an aromatic ring is 1. The highest BCUT2D eigenvalue weighted by molar-refractivity contribution is 5.99. The van der Waals surface area contributed by atoms with Gasteiger partial charge in [0, 0.05) is 23.6 Å². The van der Waals surface area contributed by atoms with E-state index < -0.39 is 11.7 Å². The number of Topliss-reactive ketones (excluding diaryl/α,β-unsaturated/α-hetero) is 1. The van der Waals surface area contributed by atoms with Crippen molar-refractivity contribution >= 4 is 17.4 Å². The number of nitrogens with one attached hydrogen (secondary N) is 1. The molecule has 2 aromatic carbocycles. The van der Waals surface area contributed by atoms with Gasteiger partial charge in [-0.25, -0.2) is 4.39 Å². The smallest absolute Gasteiger partial charge is 0.221 e. The van der Waals surface area contributed by atoms with Crippen molar-refractivity contribution in [1.29, 1.82) is 0 Å². The first-order valence-electron chi connectivity index (χ1n) is 8.91. The van der Waals surface area contributed by atoms with Crippen molar-refractivity contribution in [3.8, 4) is 0 Å². The topological polar surface area (TPSA) is 72.2 Å². The summed E-state index contributed by atoms with van der Waals surface area (Å²) in [6.45, 7) is 1.70. The van der Waals surface area contributed by atoms with Crippen LogP contribution in [0.1, 0.15) is 53.7 Å². The van der Waals surface area contributed by atoms with Gasteiger partial charge in [0.2, 0.25) is 5.91 Å². The summed E-state index contributed by atoms with van der Waals surface area (Å²) in [6, 6.07) is 11.3. The fourth-order valence-electron chi connectivity index (χ4n) is 3.53. The number of halogens is 1. The third-order valence-corrected chi connectivity index (χ3v) is 4.86. The van der Waals surface area contributed by atoms with Crippen molar-refractivity contribution in [1.82, 2.24) is 5.32 Å². The van der Waals surface area contributed by atoms with Gasteiger partial charge in [-0.1, -0.05) is 25.1 Å². The second kappa shape index (κ2) is 7.68. The number of ketones is 1. The van der Waals surface area contributed by atoms with E-state index in [9.17, 15) is 14.0 Å². The maximum Gasteiger partial charge on any atom is 0.221 e. The van der Waals surface area contributed by atoms with Gasteiger partial charge in [0.1, 0.15) is 5.82 Å². The number of hydrogen-bond acceptors (Lipinski definition) is 3. The normalized spacial score (nSPS) is 17.2. The molecule has 3 N–H and O–H groups in total. The van der Waals surface area contributed by atoms with Crippen molar-refractivity contribution in [2.24, 2.45) is 5.92 Å². The first kappa shape index (κ1) is 18.1. The molecule has 0 aromatic heterocycles. The standard InChI is InChI=1S/C21H23FN2O2/c1-13(21(26)15-5-2-6-16(22)11-15)10-20(25)24-19-7-3-4-14-12-17(23)8-9-18(14)19/h2,5-6,8-9,11-13,19H,3-4,7,10,23H2,1H3,(H,24,25). The van der Waals surface area contributed by atoms with Crippen molar-refractivity contribution in [2.45, 2.75) is 38.6 Å². The molecular formula is C21H23FN2O2. The average Bonchev–Trinajstić information content (AvgIpc) is 2.60. The van der Waals surface area contributed by atoms with Gasteiger partial charge in [-0.2, -0.15) is 0 Å². The highest BCUT2D eigenvalue weighted by Gasteiger charge is 2.24. The summed E-state index contributed by atoms with van der Waals surface area (Å²) in [7, 11) is 0. The van der Waals surface area contributed by atoms with Gasteiger partial charge in [0.25, 0.3) is 0 Å². The lowest BCUT2D eigenvalue weighted by Gasteiger charge is -2.27. The average molecular weight is 354 g/mol. The second-order valence-corrected chi connectivity index (χ2v) is 6.95. The van der Waals surface area contributed by atoms with E-state index in [4.69, 9.17) is 5.73 Å². The summed E-state index contributed by atoms with van der Waals surface area (Å²) in [6.07, 6.45) is 2.89. The number of anilines is 1. The van der Waals surface area contributed by atoms with E-state index in [1.54, 1.807) is 13.0 Å². The van der Waals surface area contributed by atoms with Gasteiger partial charge in [0.15, 0.2) is 5.78 Å². The SMILES string of the molecule is CC(CC(=O)NC1CCCc2cc(N)ccc21)C(=O)c1cccc(F)c1. The lowest BCUT2D eigenvalue weighted by atomic mass is 9.87. The number of aryl methyl sites for hydroxylation is 1. The van der Waals surface area contributed by atoms with Crippen LogP contribution in [0, 0.1) is 11.7 Å². The Labute approximate surface area is 152 Å². The lowest BCUT2D eigenvalue weighted by molar-refractivity contribution is -0.122. The summed E-state index contributed by atoms with van der Waals surface area (Å²) >= 11 is 0. The number of fused-ring (bicyclic) bond motifs is 1. The molecule has 2 unspecified atom stereocenters. The largest absolute Gasteiger partial charge is 0.399 e. The van der Waals surface area contributed by atoms with Crippen LogP contribution in [0.2, 0.25) is 0 Å². The second-order valence-electron chi connectivity index (χ2n) is 6.95. The van der Waals surface area contributed by atoms with Gasteiger partial charge < -0.3 is 11.1 Å². The summed E-state index contributed by atoms with van der Waals surface area (Å²) in [4.78, 5) is 24.8. The molecule has 26 heavy (non-hydrogen) atoms. The van der Waals surface area contributed by atoms with E-state index in [1.807, 2.05) is 18.2 Å². The maximum atomic E-state index is 13.3. The number of carbonyl (C=O) groups is 2. The van der Waals surface area contributed by atoms with Crippen LogP contribution in [0.25, 0.3) is 0 Å². The highest BCUT2D eigenvalue weighted by atomic mass is 19.1. The minimum atomic E-state index is -0.508. The van der Waals surface area contributed by atoms with Gasteiger partial charge in [0.05, 0.1) is 6.04 Å². The molecule has 136 valence electrons. The molecule has 0 bridgehead atoms. The summed E-state index contributed by atoms with van der Waals surface area (Å²) in [5.74, 6) is -1.36. The molecule has 0 spiro atoms. The Morgan fingerprint density at radius 3 is 2.85 bits per heavy atom. The maximum absolute atomic E-state index is 13.3. The van der Waals surface area contributed by atoms with Gasteiger partial charge in [-0.15, -0.1) is 0 Å². The molecule has 0 radical (unpaired) electrons. The van der Waals surface area contributed by atoms with Crippen LogP contribution < -0.4 is 11.1 Å². The number of nitrogens with two attached hydrogens (primary N) is 1. The van der Waals surface area contributed by atoms with E-state index in [0.29, 0.717) is 5.56 Å². The molecule has 3 rings (SSSR count). The first-order valence-corrected chi connectivity index (χ1v) is 8.91. The van der Waals surface area contributed by atoms with E-state index >= 15 is 0 Å². The molecule has 2 atom stereocenters. The Bertz CT molecular complexity index is 835. The third kappa shape index (κ3) is 4.10. The van der Waals surface area contributed by atoms with Crippen LogP contribution in [0.4, 0.5) is 10.1 Å². The fourth-order valence-corrected chi connectivity index (χ4v) is 3.53. The number of benzene rings is 2. The zero-order valence-corrected chi connectivity index (χ0v) is 14.8. The van der Waals surface area contributed by atoms with Crippen LogP contribution in [-0.4, -0.2) is 11.7 Å². The molecule has 4 nitrogen and oxygen atoms in total. The van der Waals surface area contributed by atoms with Crippen molar-refractivity contribution < 1.29 is 14.0 Å². The number of rotatable bonds is 5. The van der Waals surface area contributed by atoms with E-state index in [1.165, 1.54) is 23.8 Å². The minimum Gasteiger partial charge on any atom is -0.399 e. The predicted octanol–water partition coefficient (Wildman–Crippen LogP) is 3.81. The highest BCUT2D eigenvalue weighted by Crippen LogP contribution is 2.31. The molecular weight excluding hydrogens is 331 g/mol. The van der Waals surface area contributed by atoms with Crippen LogP contribution in [0.15, 0.2) is 42.5 Å². The first-order chi connectivity index (χ1) is 12.4. The lowest BCUT2D eigenvalue weighted by Crippen LogP contribution is -2.33. The number of amides is 1. The predicted molar refractivity (Wildman–Crippen MR) is 99.2 cm³/mol. The molecule has 0 saturated heterocycles. The van der Waals surface area contributed by atoms with E-state index in [2.05, 4.69) is 5.32 Å². The Kier molecular flexibility index (Phi) is 5.35. The zero-order valence-electron chi connectivity index (χ0n) is 14.8. The molecule has 1 aliphatic carbocycles. The van der Waals surface area contributed by atoms with E-state index in [-0.39, 0.29) is 24.2 Å². The van der Waals surface area contributed by atoms with Gasteiger partial charge in [-0.05, 0) is 54.7 Å². The monoisotopic (exact) mass is 354 g/mol. The molecule has 2 aromatic rings. The Hall–Kier alpha value is -2.69. The Morgan fingerprint density at radius 1 is 1.27 bits per heavy atom. The van der Waals surface area contributed by atoms with E-state index in [0.717, 1.165) is 30.5 Å².